The second-order valence-electron chi connectivity index (χ2n) is 8.52. The zero-order valence-corrected chi connectivity index (χ0v) is 18.5. The van der Waals surface area contributed by atoms with Gasteiger partial charge in [0, 0.05) is 18.2 Å². The van der Waals surface area contributed by atoms with E-state index in [0.29, 0.717) is 28.9 Å². The average Bonchev–Trinajstić information content (AvgIpc) is 3.50. The van der Waals surface area contributed by atoms with E-state index in [1.54, 1.807) is 25.3 Å². The molecule has 0 radical (unpaired) electrons. The van der Waals surface area contributed by atoms with Crippen molar-refractivity contribution in [3.05, 3.63) is 73.8 Å². The van der Waals surface area contributed by atoms with Crippen molar-refractivity contribution < 1.29 is 19.4 Å². The Balaban J connectivity index is 1.38. The van der Waals surface area contributed by atoms with Crippen molar-refractivity contribution in [2.45, 2.75) is 45.2 Å². The Hall–Kier alpha value is -3.90. The molecule has 3 unspecified atom stereocenters. The summed E-state index contributed by atoms with van der Waals surface area (Å²) in [6.45, 7) is 3.17. The Labute approximate surface area is 192 Å². The van der Waals surface area contributed by atoms with E-state index >= 15 is 0 Å². The first-order valence-corrected chi connectivity index (χ1v) is 10.7. The summed E-state index contributed by atoms with van der Waals surface area (Å²) in [5.74, 6) is -1.18. The molecule has 3 atom stereocenters. The molecule has 12 nitrogen and oxygen atoms in total. The molecule has 2 aliphatic heterocycles. The van der Waals surface area contributed by atoms with Gasteiger partial charge in [-0.15, -0.1) is 5.10 Å². The number of aliphatic hydroxyl groups excluding tert-OH is 1. The third kappa shape index (κ3) is 3.56. The highest BCUT2D eigenvalue weighted by Gasteiger charge is 2.39. The van der Waals surface area contributed by atoms with Crippen LogP contribution in [0, 0.1) is 13.8 Å². The van der Waals surface area contributed by atoms with Crippen LogP contribution in [0.1, 0.15) is 45.9 Å². The Morgan fingerprint density at radius 1 is 1.18 bits per heavy atom. The van der Waals surface area contributed by atoms with Gasteiger partial charge in [-0.05, 0) is 26.0 Å². The molecule has 0 bridgehead atoms. The van der Waals surface area contributed by atoms with Gasteiger partial charge in [0.2, 0.25) is 0 Å². The number of carbonyl (C=O) groups is 2. The van der Waals surface area contributed by atoms with Crippen molar-refractivity contribution in [1.82, 2.24) is 24.5 Å². The number of benzene rings is 1. The second-order valence-corrected chi connectivity index (χ2v) is 8.52. The molecule has 1 saturated heterocycles. The highest BCUT2D eigenvalue weighted by molar-refractivity contribution is 6.52. The Kier molecular flexibility index (Phi) is 5.25. The summed E-state index contributed by atoms with van der Waals surface area (Å²) in [5.41, 5.74) is 1.51. The summed E-state index contributed by atoms with van der Waals surface area (Å²) in [6, 6.07) is 4.81. The highest BCUT2D eigenvalue weighted by atomic mass is 16.5. The van der Waals surface area contributed by atoms with Crippen molar-refractivity contribution in [2.75, 3.05) is 11.5 Å². The monoisotopic (exact) mass is 466 g/mol. The molecule has 176 valence electrons. The van der Waals surface area contributed by atoms with Crippen LogP contribution in [0.4, 0.5) is 5.69 Å². The number of H-pyrrole nitrogens is 1. The van der Waals surface area contributed by atoms with E-state index in [1.165, 1.54) is 20.3 Å². The third-order valence-corrected chi connectivity index (χ3v) is 6.18. The maximum Gasteiger partial charge on any atom is 0.330 e. The fourth-order valence-electron chi connectivity index (χ4n) is 4.41. The van der Waals surface area contributed by atoms with Crippen LogP contribution < -0.4 is 16.1 Å². The number of amides is 1. The van der Waals surface area contributed by atoms with E-state index in [4.69, 9.17) is 4.74 Å². The molecule has 12 heteroatoms. The minimum absolute atomic E-state index is 0.0556. The van der Waals surface area contributed by atoms with E-state index in [9.17, 15) is 24.3 Å². The molecular weight excluding hydrogens is 444 g/mol. The van der Waals surface area contributed by atoms with Crippen molar-refractivity contribution in [2.24, 2.45) is 0 Å². The van der Waals surface area contributed by atoms with Crippen LogP contribution in [0.15, 0.2) is 40.2 Å². The summed E-state index contributed by atoms with van der Waals surface area (Å²) in [4.78, 5) is 52.4. The number of aromatic nitrogens is 5. The SMILES string of the molecule is Cc1ccc2c(c1)C(=O)C(=O)N2Cc1cn(C2CC(n3cc(C)c(=O)[nH]c3=O)OC2CO)nn1. The van der Waals surface area contributed by atoms with E-state index in [-0.39, 0.29) is 13.2 Å². The number of rotatable bonds is 5. The minimum Gasteiger partial charge on any atom is -0.394 e. The Morgan fingerprint density at radius 3 is 2.74 bits per heavy atom. The molecule has 3 aromatic rings. The van der Waals surface area contributed by atoms with Gasteiger partial charge in [0.25, 0.3) is 17.2 Å². The number of aromatic amines is 1. The molecule has 4 heterocycles. The van der Waals surface area contributed by atoms with Gasteiger partial charge < -0.3 is 9.84 Å². The lowest BCUT2D eigenvalue weighted by atomic mass is 10.1. The summed E-state index contributed by atoms with van der Waals surface area (Å²) < 4.78 is 8.67. The van der Waals surface area contributed by atoms with Crippen LogP contribution in [0.5, 0.6) is 0 Å². The molecule has 1 amide bonds. The van der Waals surface area contributed by atoms with Crippen molar-refractivity contribution in [1.29, 1.82) is 0 Å². The molecule has 2 aliphatic rings. The Bertz CT molecular complexity index is 1420. The largest absolute Gasteiger partial charge is 0.394 e. The molecule has 5 rings (SSSR count). The first kappa shape index (κ1) is 21.9. The lowest BCUT2D eigenvalue weighted by Crippen LogP contribution is -2.33. The standard InChI is InChI=1S/C22H22N6O6/c1-11-3-4-15-14(5-11)19(30)21(32)26(15)8-13-9-28(25-24-13)16-6-18(34-17(16)10-29)27-7-12(2)20(31)23-22(27)33/h3-5,7,9,16-18,29H,6,8,10H2,1-2H3,(H,23,31,33). The van der Waals surface area contributed by atoms with Gasteiger partial charge in [-0.2, -0.15) is 0 Å². The quantitative estimate of drug-likeness (QED) is 0.498. The smallest absolute Gasteiger partial charge is 0.330 e. The molecule has 0 spiro atoms. The number of hydrogen-bond acceptors (Lipinski definition) is 8. The number of anilines is 1. The normalized spacial score (nSPS) is 22.0. The van der Waals surface area contributed by atoms with E-state index < -0.39 is 41.3 Å². The van der Waals surface area contributed by atoms with Gasteiger partial charge in [0.05, 0.1) is 36.6 Å². The zero-order chi connectivity index (χ0) is 24.1. The molecule has 1 fully saturated rings. The fourth-order valence-corrected chi connectivity index (χ4v) is 4.41. The van der Waals surface area contributed by atoms with Gasteiger partial charge in [-0.25, -0.2) is 9.48 Å². The van der Waals surface area contributed by atoms with Crippen LogP contribution in [0.3, 0.4) is 0 Å². The predicted octanol–water partition coefficient (Wildman–Crippen LogP) is -0.00446. The molecule has 2 N–H and O–H groups in total. The summed E-state index contributed by atoms with van der Waals surface area (Å²) in [5, 5.41) is 18.1. The van der Waals surface area contributed by atoms with E-state index in [1.807, 2.05) is 13.0 Å². The number of fused-ring (bicyclic) bond motifs is 1. The van der Waals surface area contributed by atoms with Crippen LogP contribution in [0.2, 0.25) is 0 Å². The van der Waals surface area contributed by atoms with Gasteiger partial charge in [0.1, 0.15) is 18.0 Å². The van der Waals surface area contributed by atoms with Crippen LogP contribution in [0.25, 0.3) is 0 Å². The minimum atomic E-state index is -0.717. The van der Waals surface area contributed by atoms with Gasteiger partial charge in [-0.1, -0.05) is 16.8 Å². The van der Waals surface area contributed by atoms with Gasteiger partial charge in [0.15, 0.2) is 0 Å². The lowest BCUT2D eigenvalue weighted by molar-refractivity contribution is -0.114. The number of Topliss-reactive ketones (excluding diaryl/α,β-unsaturated/α-hetero) is 1. The summed E-state index contributed by atoms with van der Waals surface area (Å²) >= 11 is 0. The third-order valence-electron chi connectivity index (χ3n) is 6.18. The summed E-state index contributed by atoms with van der Waals surface area (Å²) in [7, 11) is 0. The molecule has 0 aliphatic carbocycles. The number of aryl methyl sites for hydroxylation is 2. The topological polar surface area (TPSA) is 152 Å². The lowest BCUT2D eigenvalue weighted by Gasteiger charge is -2.16. The van der Waals surface area contributed by atoms with Crippen molar-refractivity contribution >= 4 is 17.4 Å². The maximum atomic E-state index is 12.5. The molecule has 1 aromatic carbocycles. The number of nitrogens with zero attached hydrogens (tertiary/aromatic N) is 5. The van der Waals surface area contributed by atoms with Crippen LogP contribution >= 0.6 is 0 Å². The van der Waals surface area contributed by atoms with Crippen LogP contribution in [-0.2, 0) is 16.1 Å². The number of carbonyl (C=O) groups excluding carboxylic acids is 2. The number of nitrogens with one attached hydrogen (secondary N) is 1. The first-order valence-electron chi connectivity index (χ1n) is 10.7. The number of hydrogen-bond donors (Lipinski definition) is 2. The van der Waals surface area contributed by atoms with E-state index in [0.717, 1.165) is 5.56 Å². The van der Waals surface area contributed by atoms with Crippen molar-refractivity contribution in [3.8, 4) is 0 Å². The van der Waals surface area contributed by atoms with E-state index in [2.05, 4.69) is 15.3 Å². The fraction of sp³-hybridized carbons (Fsp3) is 0.364. The van der Waals surface area contributed by atoms with Crippen LogP contribution in [-0.4, -0.2) is 54.1 Å². The number of ketones is 1. The zero-order valence-electron chi connectivity index (χ0n) is 18.5. The molecule has 2 aromatic heterocycles. The maximum absolute atomic E-state index is 12.5. The highest BCUT2D eigenvalue weighted by Crippen LogP contribution is 2.36. The van der Waals surface area contributed by atoms with Gasteiger partial charge >= 0.3 is 5.69 Å². The predicted molar refractivity (Wildman–Crippen MR) is 117 cm³/mol. The number of ether oxygens (including phenoxy) is 1. The molecular formula is C22H22N6O6. The number of aliphatic hydroxyl groups is 1. The molecule has 0 saturated carbocycles. The second kappa shape index (κ2) is 8.15. The van der Waals surface area contributed by atoms with Gasteiger partial charge in [-0.3, -0.25) is 28.8 Å². The molecule has 34 heavy (non-hydrogen) atoms. The van der Waals surface area contributed by atoms with Crippen molar-refractivity contribution in [3.63, 3.8) is 0 Å². The average molecular weight is 466 g/mol. The Morgan fingerprint density at radius 2 is 1.97 bits per heavy atom. The summed E-state index contributed by atoms with van der Waals surface area (Å²) in [6.07, 6.45) is 1.96. The first-order chi connectivity index (χ1) is 16.3.